The van der Waals surface area contributed by atoms with E-state index in [2.05, 4.69) is 30.4 Å². The van der Waals surface area contributed by atoms with Gasteiger partial charge in [-0.05, 0) is 43.2 Å². The van der Waals surface area contributed by atoms with Gasteiger partial charge in [-0.1, -0.05) is 0 Å². The van der Waals surface area contributed by atoms with Gasteiger partial charge in [-0.3, -0.25) is 9.67 Å². The third-order valence-corrected chi connectivity index (χ3v) is 4.88. The number of aromatic nitrogens is 6. The molecular formula is C20H19F3N8. The third kappa shape index (κ3) is 4.25. The van der Waals surface area contributed by atoms with Crippen molar-refractivity contribution in [3.63, 3.8) is 0 Å². The Labute approximate surface area is 175 Å². The van der Waals surface area contributed by atoms with Crippen LogP contribution in [0, 0.1) is 13.8 Å². The Hall–Kier alpha value is -3.76. The summed E-state index contributed by atoms with van der Waals surface area (Å²) in [5.74, 6) is 0.973. The van der Waals surface area contributed by atoms with E-state index in [0.717, 1.165) is 22.9 Å². The van der Waals surface area contributed by atoms with Crippen molar-refractivity contribution in [1.29, 1.82) is 0 Å². The van der Waals surface area contributed by atoms with Crippen molar-refractivity contribution in [2.45, 2.75) is 33.1 Å². The van der Waals surface area contributed by atoms with Gasteiger partial charge in [-0.2, -0.15) is 18.3 Å². The van der Waals surface area contributed by atoms with Crippen LogP contribution in [-0.4, -0.2) is 29.7 Å². The summed E-state index contributed by atoms with van der Waals surface area (Å²) >= 11 is 0. The van der Waals surface area contributed by atoms with E-state index in [-0.39, 0.29) is 12.2 Å². The van der Waals surface area contributed by atoms with Crippen LogP contribution < -0.4 is 11.1 Å². The van der Waals surface area contributed by atoms with Crippen LogP contribution in [0.2, 0.25) is 0 Å². The molecule has 0 saturated carbocycles. The van der Waals surface area contributed by atoms with Gasteiger partial charge in [0.1, 0.15) is 18.0 Å². The number of fused-ring (bicyclic) bond motifs is 1. The van der Waals surface area contributed by atoms with Gasteiger partial charge in [-0.25, -0.2) is 15.0 Å². The normalized spacial score (nSPS) is 11.8. The first-order valence-electron chi connectivity index (χ1n) is 9.38. The van der Waals surface area contributed by atoms with Crippen molar-refractivity contribution < 1.29 is 13.2 Å². The molecule has 0 unspecified atom stereocenters. The lowest BCUT2D eigenvalue weighted by Crippen LogP contribution is -2.13. The van der Waals surface area contributed by atoms with E-state index in [0.29, 0.717) is 29.2 Å². The van der Waals surface area contributed by atoms with Gasteiger partial charge in [0.15, 0.2) is 5.65 Å². The Morgan fingerprint density at radius 2 is 1.97 bits per heavy atom. The molecule has 0 spiro atoms. The largest absolute Gasteiger partial charge is 0.418 e. The van der Waals surface area contributed by atoms with E-state index >= 15 is 0 Å². The summed E-state index contributed by atoms with van der Waals surface area (Å²) in [7, 11) is 0. The van der Waals surface area contributed by atoms with Gasteiger partial charge >= 0.3 is 6.18 Å². The average molecular weight is 428 g/mol. The molecule has 8 nitrogen and oxygen atoms in total. The van der Waals surface area contributed by atoms with Gasteiger partial charge in [0.05, 0.1) is 23.2 Å². The third-order valence-electron chi connectivity index (χ3n) is 4.88. The fraction of sp³-hybridized carbons (Fsp3) is 0.250. The van der Waals surface area contributed by atoms with Crippen molar-refractivity contribution in [3.05, 3.63) is 65.0 Å². The predicted molar refractivity (Wildman–Crippen MR) is 109 cm³/mol. The Bertz CT molecular complexity index is 1230. The number of anilines is 2. The van der Waals surface area contributed by atoms with Crippen molar-refractivity contribution in [2.24, 2.45) is 0 Å². The zero-order valence-corrected chi connectivity index (χ0v) is 16.8. The van der Waals surface area contributed by atoms with Crippen LogP contribution in [0.25, 0.3) is 11.0 Å². The van der Waals surface area contributed by atoms with Crippen LogP contribution in [0.5, 0.6) is 0 Å². The number of nitrogens with one attached hydrogen (secondary N) is 1. The molecule has 0 aromatic carbocycles. The van der Waals surface area contributed by atoms with E-state index in [9.17, 15) is 13.2 Å². The molecular weight excluding hydrogens is 409 g/mol. The number of nitrogens with zero attached hydrogens (tertiary/aromatic N) is 6. The molecule has 0 saturated heterocycles. The van der Waals surface area contributed by atoms with Gasteiger partial charge in [0.2, 0.25) is 0 Å². The summed E-state index contributed by atoms with van der Waals surface area (Å²) in [6.45, 7) is 4.12. The van der Waals surface area contributed by atoms with E-state index < -0.39 is 11.7 Å². The van der Waals surface area contributed by atoms with Gasteiger partial charge in [0, 0.05) is 24.6 Å². The number of aryl methyl sites for hydroxylation is 2. The maximum absolute atomic E-state index is 13.3. The summed E-state index contributed by atoms with van der Waals surface area (Å²) in [4.78, 5) is 16.5. The zero-order valence-electron chi connectivity index (χ0n) is 16.8. The highest BCUT2D eigenvalue weighted by Crippen LogP contribution is 2.31. The maximum Gasteiger partial charge on any atom is 0.418 e. The number of pyridine rings is 2. The van der Waals surface area contributed by atoms with Crippen LogP contribution in [0.1, 0.15) is 28.1 Å². The molecule has 0 radical (unpaired) electrons. The molecule has 0 fully saturated rings. The molecule has 11 heteroatoms. The van der Waals surface area contributed by atoms with Crippen LogP contribution in [-0.2, 0) is 19.3 Å². The number of halogens is 3. The average Bonchev–Trinajstić information content (AvgIpc) is 3.10. The predicted octanol–water partition coefficient (Wildman–Crippen LogP) is 3.49. The minimum absolute atomic E-state index is 0.121. The SMILES string of the molecule is Cc1cc(N)nc(C)c1CNc1ncnc2nn(Cc3ncccc3C(F)(F)F)cc12. The first-order valence-corrected chi connectivity index (χ1v) is 9.38. The molecule has 4 aromatic rings. The monoisotopic (exact) mass is 428 g/mol. The first kappa shape index (κ1) is 20.5. The topological polar surface area (TPSA) is 107 Å². The molecule has 0 atom stereocenters. The molecule has 3 N–H and O–H groups in total. The molecule has 4 aromatic heterocycles. The van der Waals surface area contributed by atoms with E-state index in [4.69, 9.17) is 5.73 Å². The molecule has 0 aliphatic heterocycles. The quantitative estimate of drug-likeness (QED) is 0.501. The standard InChI is InChI=1S/C20H19F3N8/c1-11-6-17(24)29-12(2)13(11)7-26-18-14-8-31(30-19(14)28-10-27-18)9-16-15(20(21,22)23)4-3-5-25-16/h3-6,8,10H,7,9H2,1-2H3,(H2,24,29)(H,26,27,28,30). The number of hydrogen-bond donors (Lipinski definition) is 2. The van der Waals surface area contributed by atoms with Crippen LogP contribution >= 0.6 is 0 Å². The lowest BCUT2D eigenvalue weighted by atomic mass is 10.1. The number of nitrogen functional groups attached to an aromatic ring is 1. The number of rotatable bonds is 5. The molecule has 160 valence electrons. The summed E-state index contributed by atoms with van der Waals surface area (Å²) in [5.41, 5.74) is 8.01. The van der Waals surface area contributed by atoms with E-state index in [1.54, 1.807) is 12.3 Å². The Balaban J connectivity index is 1.62. The first-order chi connectivity index (χ1) is 14.7. The minimum atomic E-state index is -4.49. The van der Waals surface area contributed by atoms with E-state index in [1.165, 1.54) is 23.3 Å². The second-order valence-corrected chi connectivity index (χ2v) is 7.06. The Morgan fingerprint density at radius 1 is 1.16 bits per heavy atom. The highest BCUT2D eigenvalue weighted by atomic mass is 19.4. The molecule has 0 aliphatic carbocycles. The summed E-state index contributed by atoms with van der Waals surface area (Å²) in [6.07, 6.45) is -0.213. The number of alkyl halides is 3. The highest BCUT2D eigenvalue weighted by Gasteiger charge is 2.33. The van der Waals surface area contributed by atoms with Crippen LogP contribution in [0.15, 0.2) is 36.9 Å². The van der Waals surface area contributed by atoms with E-state index in [1.807, 2.05) is 13.8 Å². The Kier molecular flexibility index (Phi) is 5.17. The van der Waals surface area contributed by atoms with Crippen LogP contribution in [0.3, 0.4) is 0 Å². The maximum atomic E-state index is 13.3. The second-order valence-electron chi connectivity index (χ2n) is 7.06. The fourth-order valence-corrected chi connectivity index (χ4v) is 3.41. The number of nitrogens with two attached hydrogens (primary N) is 1. The van der Waals surface area contributed by atoms with Crippen molar-refractivity contribution in [2.75, 3.05) is 11.1 Å². The summed E-state index contributed by atoms with van der Waals surface area (Å²) in [5, 5.41) is 8.11. The highest BCUT2D eigenvalue weighted by molar-refractivity contribution is 5.85. The molecule has 0 amide bonds. The second kappa shape index (κ2) is 7.82. The molecule has 4 heterocycles. The van der Waals surface area contributed by atoms with Crippen molar-refractivity contribution in [1.82, 2.24) is 29.7 Å². The van der Waals surface area contributed by atoms with Gasteiger partial charge in [-0.15, -0.1) is 0 Å². The lowest BCUT2D eigenvalue weighted by molar-refractivity contribution is -0.138. The fourth-order valence-electron chi connectivity index (χ4n) is 3.41. The van der Waals surface area contributed by atoms with Crippen LogP contribution in [0.4, 0.5) is 24.8 Å². The molecule has 0 aliphatic rings. The van der Waals surface area contributed by atoms with Crippen molar-refractivity contribution in [3.8, 4) is 0 Å². The minimum Gasteiger partial charge on any atom is -0.384 e. The van der Waals surface area contributed by atoms with Gasteiger partial charge < -0.3 is 11.1 Å². The summed E-state index contributed by atoms with van der Waals surface area (Å²) < 4.78 is 41.1. The summed E-state index contributed by atoms with van der Waals surface area (Å²) in [6, 6.07) is 4.06. The molecule has 0 bridgehead atoms. The Morgan fingerprint density at radius 3 is 2.71 bits per heavy atom. The van der Waals surface area contributed by atoms with Gasteiger partial charge in [0.25, 0.3) is 0 Å². The zero-order chi connectivity index (χ0) is 22.2. The molecule has 4 rings (SSSR count). The smallest absolute Gasteiger partial charge is 0.384 e. The molecule has 31 heavy (non-hydrogen) atoms. The van der Waals surface area contributed by atoms with Crippen molar-refractivity contribution >= 4 is 22.7 Å². The number of hydrogen-bond acceptors (Lipinski definition) is 7. The lowest BCUT2D eigenvalue weighted by Gasteiger charge is -2.12.